The first-order valence-corrected chi connectivity index (χ1v) is 3.48. The van der Waals surface area contributed by atoms with E-state index in [9.17, 15) is 9.59 Å². The van der Waals surface area contributed by atoms with Crippen LogP contribution in [0, 0.1) is 0 Å². The number of ketones is 1. The Morgan fingerprint density at radius 1 is 1.64 bits per heavy atom. The SMILES string of the molecule is C=CC(=O)N[C@@H](C)CC(C)=O. The summed E-state index contributed by atoms with van der Waals surface area (Å²) in [4.78, 5) is 21.2. The monoisotopic (exact) mass is 155 g/mol. The molecule has 0 bridgehead atoms. The highest BCUT2D eigenvalue weighted by Gasteiger charge is 2.05. The van der Waals surface area contributed by atoms with Crippen LogP contribution in [0.4, 0.5) is 0 Å². The van der Waals surface area contributed by atoms with Gasteiger partial charge in [-0.1, -0.05) is 6.58 Å². The van der Waals surface area contributed by atoms with Crippen molar-refractivity contribution in [2.45, 2.75) is 26.3 Å². The van der Waals surface area contributed by atoms with Gasteiger partial charge in [-0.3, -0.25) is 9.59 Å². The smallest absolute Gasteiger partial charge is 0.243 e. The molecule has 0 aliphatic carbocycles. The molecular formula is C8H13NO2. The van der Waals surface area contributed by atoms with E-state index >= 15 is 0 Å². The number of rotatable bonds is 4. The average Bonchev–Trinajstić information content (AvgIpc) is 1.85. The summed E-state index contributed by atoms with van der Waals surface area (Å²) in [5.74, 6) is -0.166. The van der Waals surface area contributed by atoms with Gasteiger partial charge >= 0.3 is 0 Å². The van der Waals surface area contributed by atoms with Crippen LogP contribution >= 0.6 is 0 Å². The zero-order valence-electron chi connectivity index (χ0n) is 6.89. The van der Waals surface area contributed by atoms with Crippen molar-refractivity contribution in [2.24, 2.45) is 0 Å². The van der Waals surface area contributed by atoms with Gasteiger partial charge in [0, 0.05) is 12.5 Å². The normalized spacial score (nSPS) is 11.8. The molecule has 1 N–H and O–H groups in total. The Morgan fingerprint density at radius 3 is 2.55 bits per heavy atom. The first-order chi connectivity index (χ1) is 5.06. The molecule has 3 heteroatoms. The summed E-state index contributed by atoms with van der Waals surface area (Å²) >= 11 is 0. The fourth-order valence-electron chi connectivity index (χ4n) is 0.784. The topological polar surface area (TPSA) is 46.2 Å². The van der Waals surface area contributed by atoms with Gasteiger partial charge in [-0.25, -0.2) is 0 Å². The standard InChI is InChI=1S/C8H13NO2/c1-4-8(11)9-6(2)5-7(3)10/h4,6H,1,5H2,2-3H3,(H,9,11)/t6-/m0/s1. The minimum absolute atomic E-state index is 0.0712. The van der Waals surface area contributed by atoms with E-state index < -0.39 is 0 Å². The molecule has 0 aliphatic rings. The minimum Gasteiger partial charge on any atom is -0.350 e. The zero-order valence-corrected chi connectivity index (χ0v) is 6.89. The maximum absolute atomic E-state index is 10.7. The summed E-state index contributed by atoms with van der Waals surface area (Å²) in [6.45, 7) is 6.57. The zero-order chi connectivity index (χ0) is 8.85. The Morgan fingerprint density at radius 2 is 2.18 bits per heavy atom. The van der Waals surface area contributed by atoms with Crippen molar-refractivity contribution in [1.82, 2.24) is 5.32 Å². The minimum atomic E-state index is -0.237. The average molecular weight is 155 g/mol. The molecule has 0 fully saturated rings. The van der Waals surface area contributed by atoms with Gasteiger partial charge in [0.15, 0.2) is 0 Å². The first-order valence-electron chi connectivity index (χ1n) is 3.48. The third-order valence-corrected chi connectivity index (χ3v) is 1.17. The van der Waals surface area contributed by atoms with Crippen molar-refractivity contribution in [3.63, 3.8) is 0 Å². The highest BCUT2D eigenvalue weighted by atomic mass is 16.1. The molecule has 0 saturated carbocycles. The van der Waals surface area contributed by atoms with Gasteiger partial charge in [0.1, 0.15) is 5.78 Å². The molecule has 0 aromatic rings. The van der Waals surface area contributed by atoms with Gasteiger partial charge < -0.3 is 5.32 Å². The van der Waals surface area contributed by atoms with Crippen molar-refractivity contribution in [3.8, 4) is 0 Å². The Balaban J connectivity index is 3.68. The van der Waals surface area contributed by atoms with E-state index in [1.54, 1.807) is 6.92 Å². The van der Waals surface area contributed by atoms with Crippen LogP contribution in [0.25, 0.3) is 0 Å². The second-order valence-corrected chi connectivity index (χ2v) is 2.52. The summed E-state index contributed by atoms with van der Waals surface area (Å²) in [6.07, 6.45) is 1.57. The highest BCUT2D eigenvalue weighted by Crippen LogP contribution is 1.90. The van der Waals surface area contributed by atoms with E-state index in [-0.39, 0.29) is 17.7 Å². The van der Waals surface area contributed by atoms with Crippen molar-refractivity contribution >= 4 is 11.7 Å². The molecule has 11 heavy (non-hydrogen) atoms. The molecule has 0 aliphatic heterocycles. The predicted molar refractivity (Wildman–Crippen MR) is 43.1 cm³/mol. The Labute approximate surface area is 66.5 Å². The molecule has 62 valence electrons. The number of hydrogen-bond acceptors (Lipinski definition) is 2. The summed E-state index contributed by atoms with van der Waals surface area (Å²) in [6, 6.07) is -0.0991. The van der Waals surface area contributed by atoms with Gasteiger partial charge in [0.2, 0.25) is 5.91 Å². The van der Waals surface area contributed by atoms with Crippen LogP contribution in [-0.4, -0.2) is 17.7 Å². The van der Waals surface area contributed by atoms with Crippen LogP contribution in [0.5, 0.6) is 0 Å². The van der Waals surface area contributed by atoms with Crippen molar-refractivity contribution in [3.05, 3.63) is 12.7 Å². The van der Waals surface area contributed by atoms with Crippen LogP contribution in [0.3, 0.4) is 0 Å². The maximum Gasteiger partial charge on any atom is 0.243 e. The molecule has 0 unspecified atom stereocenters. The molecule has 0 saturated heterocycles. The molecular weight excluding hydrogens is 142 g/mol. The fourth-order valence-corrected chi connectivity index (χ4v) is 0.784. The second kappa shape index (κ2) is 4.66. The van der Waals surface area contributed by atoms with Crippen LogP contribution < -0.4 is 5.32 Å². The molecule has 0 radical (unpaired) electrons. The number of carbonyl (C=O) groups is 2. The number of amides is 1. The number of Topliss-reactive ketones (excluding diaryl/α,β-unsaturated/α-hetero) is 1. The fraction of sp³-hybridized carbons (Fsp3) is 0.500. The number of carbonyl (C=O) groups excluding carboxylic acids is 2. The van der Waals surface area contributed by atoms with E-state index in [0.717, 1.165) is 0 Å². The summed E-state index contributed by atoms with van der Waals surface area (Å²) in [5.41, 5.74) is 0. The Hall–Kier alpha value is -1.12. The van der Waals surface area contributed by atoms with Gasteiger partial charge in [-0.15, -0.1) is 0 Å². The second-order valence-electron chi connectivity index (χ2n) is 2.52. The van der Waals surface area contributed by atoms with Gasteiger partial charge in [0.05, 0.1) is 0 Å². The lowest BCUT2D eigenvalue weighted by Crippen LogP contribution is -2.32. The van der Waals surface area contributed by atoms with Crippen LogP contribution in [0.1, 0.15) is 20.3 Å². The lowest BCUT2D eigenvalue weighted by molar-refractivity contribution is -0.118. The van der Waals surface area contributed by atoms with Gasteiger partial charge in [-0.2, -0.15) is 0 Å². The van der Waals surface area contributed by atoms with E-state index in [1.165, 1.54) is 13.0 Å². The quantitative estimate of drug-likeness (QED) is 0.606. The van der Waals surface area contributed by atoms with E-state index in [4.69, 9.17) is 0 Å². The van der Waals surface area contributed by atoms with Gasteiger partial charge in [0.25, 0.3) is 0 Å². The van der Waals surface area contributed by atoms with E-state index in [2.05, 4.69) is 11.9 Å². The van der Waals surface area contributed by atoms with Crippen molar-refractivity contribution in [1.29, 1.82) is 0 Å². The summed E-state index contributed by atoms with van der Waals surface area (Å²) in [5, 5.41) is 2.58. The molecule has 3 nitrogen and oxygen atoms in total. The Bertz CT molecular complexity index is 175. The van der Waals surface area contributed by atoms with E-state index in [1.807, 2.05) is 0 Å². The Kier molecular flexibility index (Phi) is 4.18. The molecule has 0 aromatic carbocycles. The van der Waals surface area contributed by atoms with Crippen LogP contribution in [-0.2, 0) is 9.59 Å². The third kappa shape index (κ3) is 5.33. The number of nitrogens with one attached hydrogen (secondary N) is 1. The molecule has 0 heterocycles. The number of hydrogen-bond donors (Lipinski definition) is 1. The first kappa shape index (κ1) is 9.88. The summed E-state index contributed by atoms with van der Waals surface area (Å²) < 4.78 is 0. The van der Waals surface area contributed by atoms with Gasteiger partial charge in [-0.05, 0) is 19.9 Å². The predicted octanol–water partition coefficient (Wildman–Crippen LogP) is 0.656. The lowest BCUT2D eigenvalue weighted by Gasteiger charge is -2.09. The molecule has 1 atom stereocenters. The van der Waals surface area contributed by atoms with Crippen molar-refractivity contribution < 1.29 is 9.59 Å². The van der Waals surface area contributed by atoms with Crippen LogP contribution in [0.2, 0.25) is 0 Å². The largest absolute Gasteiger partial charge is 0.350 e. The molecule has 0 spiro atoms. The molecule has 1 amide bonds. The molecule has 0 aromatic heterocycles. The maximum atomic E-state index is 10.7. The lowest BCUT2D eigenvalue weighted by atomic mass is 10.2. The molecule has 0 rings (SSSR count). The third-order valence-electron chi connectivity index (χ3n) is 1.17. The summed E-state index contributed by atoms with van der Waals surface area (Å²) in [7, 11) is 0. The van der Waals surface area contributed by atoms with Crippen molar-refractivity contribution in [2.75, 3.05) is 0 Å². The van der Waals surface area contributed by atoms with E-state index in [0.29, 0.717) is 6.42 Å². The highest BCUT2D eigenvalue weighted by molar-refractivity contribution is 5.87. The van der Waals surface area contributed by atoms with Crippen LogP contribution in [0.15, 0.2) is 12.7 Å².